The molecule has 1 aliphatic heterocycles. The second kappa shape index (κ2) is 5.51. The molecule has 0 aromatic heterocycles. The molecular formula is C9H20N2O. The summed E-state index contributed by atoms with van der Waals surface area (Å²) in [5.41, 5.74) is 5.77. The predicted octanol–water partition coefficient (Wildman–Crippen LogP) is 0.446. The first-order valence-electron chi connectivity index (χ1n) is 4.88. The summed E-state index contributed by atoms with van der Waals surface area (Å²) in [6.45, 7) is 7.13. The second-order valence-corrected chi connectivity index (χ2v) is 3.46. The zero-order valence-electron chi connectivity index (χ0n) is 7.96. The molecule has 0 aromatic rings. The summed E-state index contributed by atoms with van der Waals surface area (Å²) in [6, 6.07) is 0.399. The minimum atomic E-state index is 0.399. The number of hydrogen-bond acceptors (Lipinski definition) is 3. The molecule has 3 nitrogen and oxygen atoms in total. The molecular weight excluding hydrogens is 152 g/mol. The molecule has 0 aliphatic carbocycles. The van der Waals surface area contributed by atoms with Gasteiger partial charge in [0.1, 0.15) is 0 Å². The highest BCUT2D eigenvalue weighted by Gasteiger charge is 2.17. The third-order valence-electron chi connectivity index (χ3n) is 2.21. The van der Waals surface area contributed by atoms with Crippen molar-refractivity contribution >= 4 is 0 Å². The molecule has 1 aliphatic rings. The van der Waals surface area contributed by atoms with Crippen LogP contribution in [0, 0.1) is 0 Å². The van der Waals surface area contributed by atoms with Crippen molar-refractivity contribution in [2.75, 3.05) is 32.8 Å². The van der Waals surface area contributed by atoms with E-state index in [2.05, 4.69) is 11.8 Å². The van der Waals surface area contributed by atoms with Crippen molar-refractivity contribution in [3.63, 3.8) is 0 Å². The average Bonchev–Trinajstić information content (AvgIpc) is 2.45. The summed E-state index contributed by atoms with van der Waals surface area (Å²) in [7, 11) is 0. The van der Waals surface area contributed by atoms with E-state index in [0.717, 1.165) is 45.7 Å². The lowest BCUT2D eigenvalue weighted by molar-refractivity contribution is 0.111. The van der Waals surface area contributed by atoms with Crippen molar-refractivity contribution in [3.05, 3.63) is 0 Å². The van der Waals surface area contributed by atoms with Crippen LogP contribution >= 0.6 is 0 Å². The minimum absolute atomic E-state index is 0.399. The van der Waals surface area contributed by atoms with Crippen LogP contribution in [0.5, 0.6) is 0 Å². The molecule has 12 heavy (non-hydrogen) atoms. The number of likely N-dealkylation sites (tertiary alicyclic amines) is 1. The maximum Gasteiger partial charge on any atom is 0.0593 e. The van der Waals surface area contributed by atoms with Gasteiger partial charge in [0.25, 0.3) is 0 Å². The number of hydrogen-bond donors (Lipinski definition) is 1. The van der Waals surface area contributed by atoms with E-state index < -0.39 is 0 Å². The second-order valence-electron chi connectivity index (χ2n) is 3.46. The fourth-order valence-electron chi connectivity index (χ4n) is 1.51. The lowest BCUT2D eigenvalue weighted by Crippen LogP contribution is -2.29. The highest BCUT2D eigenvalue weighted by atomic mass is 16.5. The molecule has 1 saturated heterocycles. The summed E-state index contributed by atoms with van der Waals surface area (Å²) < 4.78 is 5.40. The van der Waals surface area contributed by atoms with Crippen molar-refractivity contribution in [2.45, 2.75) is 25.8 Å². The highest BCUT2D eigenvalue weighted by Crippen LogP contribution is 2.05. The standard InChI is InChI=1S/C9H20N2O/c1-2-6-12-7-5-11-4-3-9(10)8-11/h9H,2-8,10H2,1H3/t9-/m1/s1. The van der Waals surface area contributed by atoms with Crippen LogP contribution < -0.4 is 5.73 Å². The largest absolute Gasteiger partial charge is 0.380 e. The molecule has 1 atom stereocenters. The van der Waals surface area contributed by atoms with Crippen LogP contribution in [0.1, 0.15) is 19.8 Å². The molecule has 0 amide bonds. The molecule has 1 fully saturated rings. The molecule has 1 rings (SSSR count). The fourth-order valence-corrected chi connectivity index (χ4v) is 1.51. The number of ether oxygens (including phenoxy) is 1. The molecule has 0 unspecified atom stereocenters. The van der Waals surface area contributed by atoms with Gasteiger partial charge in [0.15, 0.2) is 0 Å². The van der Waals surface area contributed by atoms with E-state index in [-0.39, 0.29) is 0 Å². The van der Waals surface area contributed by atoms with Gasteiger partial charge in [-0.1, -0.05) is 6.92 Å². The molecule has 1 heterocycles. The summed E-state index contributed by atoms with van der Waals surface area (Å²) in [4.78, 5) is 2.38. The molecule has 0 saturated carbocycles. The topological polar surface area (TPSA) is 38.5 Å². The Kier molecular flexibility index (Phi) is 4.58. The SMILES string of the molecule is CCCOCCN1CC[C@@H](N)C1. The Morgan fingerprint density at radius 2 is 2.33 bits per heavy atom. The van der Waals surface area contributed by atoms with Crippen molar-refractivity contribution in [1.29, 1.82) is 0 Å². The molecule has 0 spiro atoms. The smallest absolute Gasteiger partial charge is 0.0593 e. The van der Waals surface area contributed by atoms with Gasteiger partial charge in [-0.05, 0) is 19.4 Å². The molecule has 2 N–H and O–H groups in total. The van der Waals surface area contributed by atoms with Crippen LogP contribution in [0.15, 0.2) is 0 Å². The number of nitrogens with zero attached hydrogens (tertiary/aromatic N) is 1. The Hall–Kier alpha value is -0.120. The molecule has 0 bridgehead atoms. The van der Waals surface area contributed by atoms with Crippen molar-refractivity contribution in [1.82, 2.24) is 4.90 Å². The van der Waals surface area contributed by atoms with Gasteiger partial charge in [-0.2, -0.15) is 0 Å². The summed E-state index contributed by atoms with van der Waals surface area (Å²) in [6.07, 6.45) is 2.26. The zero-order chi connectivity index (χ0) is 8.81. The number of nitrogens with two attached hydrogens (primary N) is 1. The lowest BCUT2D eigenvalue weighted by atomic mass is 10.3. The Balaban J connectivity index is 1.93. The van der Waals surface area contributed by atoms with Crippen LogP contribution in [-0.4, -0.2) is 43.8 Å². The molecule has 72 valence electrons. The van der Waals surface area contributed by atoms with E-state index in [1.54, 1.807) is 0 Å². The van der Waals surface area contributed by atoms with Crippen LogP contribution in [0.4, 0.5) is 0 Å². The van der Waals surface area contributed by atoms with Gasteiger partial charge in [0.05, 0.1) is 6.61 Å². The van der Waals surface area contributed by atoms with Gasteiger partial charge in [-0.3, -0.25) is 4.90 Å². The molecule has 0 aromatic carbocycles. The summed E-state index contributed by atoms with van der Waals surface area (Å²) in [5.74, 6) is 0. The Morgan fingerprint density at radius 1 is 1.50 bits per heavy atom. The Labute approximate surface area is 74.9 Å². The summed E-state index contributed by atoms with van der Waals surface area (Å²) >= 11 is 0. The quantitative estimate of drug-likeness (QED) is 0.612. The third kappa shape index (κ3) is 3.52. The Morgan fingerprint density at radius 3 is 2.92 bits per heavy atom. The van der Waals surface area contributed by atoms with Crippen molar-refractivity contribution < 1.29 is 4.74 Å². The molecule has 3 heteroatoms. The van der Waals surface area contributed by atoms with Crippen LogP contribution in [0.3, 0.4) is 0 Å². The third-order valence-corrected chi connectivity index (χ3v) is 2.21. The van der Waals surface area contributed by atoms with Gasteiger partial charge >= 0.3 is 0 Å². The minimum Gasteiger partial charge on any atom is -0.380 e. The van der Waals surface area contributed by atoms with Gasteiger partial charge in [0, 0.05) is 25.7 Å². The molecule has 0 radical (unpaired) electrons. The first-order valence-corrected chi connectivity index (χ1v) is 4.88. The number of rotatable bonds is 5. The van der Waals surface area contributed by atoms with Gasteiger partial charge in [-0.25, -0.2) is 0 Å². The predicted molar refractivity (Wildman–Crippen MR) is 50.1 cm³/mol. The zero-order valence-corrected chi connectivity index (χ0v) is 7.96. The van der Waals surface area contributed by atoms with Gasteiger partial charge in [0.2, 0.25) is 0 Å². The van der Waals surface area contributed by atoms with Crippen molar-refractivity contribution in [3.8, 4) is 0 Å². The van der Waals surface area contributed by atoms with Crippen molar-refractivity contribution in [2.24, 2.45) is 5.73 Å². The van der Waals surface area contributed by atoms with E-state index >= 15 is 0 Å². The van der Waals surface area contributed by atoms with Crippen LogP contribution in [0.2, 0.25) is 0 Å². The summed E-state index contributed by atoms with van der Waals surface area (Å²) in [5, 5.41) is 0. The Bertz CT molecular complexity index is 119. The van der Waals surface area contributed by atoms with E-state index in [4.69, 9.17) is 10.5 Å². The maximum atomic E-state index is 5.77. The fraction of sp³-hybridized carbons (Fsp3) is 1.00. The van der Waals surface area contributed by atoms with Crippen LogP contribution in [-0.2, 0) is 4.74 Å². The van der Waals surface area contributed by atoms with E-state index in [9.17, 15) is 0 Å². The first-order chi connectivity index (χ1) is 5.83. The van der Waals surface area contributed by atoms with Gasteiger partial charge in [-0.15, -0.1) is 0 Å². The first kappa shape index (κ1) is 9.96. The van der Waals surface area contributed by atoms with Crippen LogP contribution in [0.25, 0.3) is 0 Å². The van der Waals surface area contributed by atoms with Gasteiger partial charge < -0.3 is 10.5 Å². The van der Waals surface area contributed by atoms with E-state index in [0.29, 0.717) is 6.04 Å². The lowest BCUT2D eigenvalue weighted by Gasteiger charge is -2.14. The van der Waals surface area contributed by atoms with E-state index in [1.807, 2.05) is 0 Å². The normalized spacial score (nSPS) is 25.0. The average molecular weight is 172 g/mol. The maximum absolute atomic E-state index is 5.77. The van der Waals surface area contributed by atoms with E-state index in [1.165, 1.54) is 0 Å². The monoisotopic (exact) mass is 172 g/mol. The highest BCUT2D eigenvalue weighted by molar-refractivity contribution is 4.77.